The normalized spacial score (nSPS) is 32.7. The minimum absolute atomic E-state index is 0.678. The van der Waals surface area contributed by atoms with Crippen LogP contribution in [0.5, 0.6) is 0 Å². The van der Waals surface area contributed by atoms with Crippen molar-refractivity contribution in [2.24, 2.45) is 11.8 Å². The van der Waals surface area contributed by atoms with E-state index in [0.29, 0.717) is 12.1 Å². The van der Waals surface area contributed by atoms with Gasteiger partial charge in [-0.05, 0) is 51.1 Å². The molecule has 3 heteroatoms. The molecule has 0 aliphatic carbocycles. The Bertz CT molecular complexity index is 239. The second kappa shape index (κ2) is 6.88. The van der Waals surface area contributed by atoms with E-state index in [1.165, 1.54) is 38.9 Å². The van der Waals surface area contributed by atoms with Gasteiger partial charge < -0.3 is 10.1 Å². The Hall–Kier alpha value is -0.120. The molecule has 0 aromatic heterocycles. The maximum Gasteiger partial charge on any atom is 0.0509 e. The van der Waals surface area contributed by atoms with Crippen molar-refractivity contribution >= 4 is 0 Å². The van der Waals surface area contributed by atoms with Gasteiger partial charge in [0, 0.05) is 25.2 Å². The first-order chi connectivity index (χ1) is 8.66. The van der Waals surface area contributed by atoms with Crippen molar-refractivity contribution < 1.29 is 4.74 Å². The number of nitrogens with zero attached hydrogens (tertiary/aromatic N) is 1. The summed E-state index contributed by atoms with van der Waals surface area (Å²) in [5.74, 6) is 1.54. The fourth-order valence-electron chi connectivity index (χ4n) is 3.36. The number of ether oxygens (including phenoxy) is 1. The van der Waals surface area contributed by atoms with Crippen LogP contribution in [0.15, 0.2) is 0 Å². The molecule has 0 aromatic rings. The Morgan fingerprint density at radius 1 is 1.33 bits per heavy atom. The van der Waals surface area contributed by atoms with Crippen molar-refractivity contribution in [3.63, 3.8) is 0 Å². The molecule has 2 fully saturated rings. The zero-order valence-electron chi connectivity index (χ0n) is 12.3. The number of hydrogen-bond acceptors (Lipinski definition) is 3. The summed E-state index contributed by atoms with van der Waals surface area (Å²) < 4.78 is 5.55. The van der Waals surface area contributed by atoms with Crippen molar-refractivity contribution in [2.75, 3.05) is 32.8 Å². The average Bonchev–Trinajstić information content (AvgIpc) is 2.75. The molecule has 0 amide bonds. The van der Waals surface area contributed by atoms with Crippen molar-refractivity contribution in [2.45, 2.75) is 52.1 Å². The highest BCUT2D eigenvalue weighted by Gasteiger charge is 2.29. The summed E-state index contributed by atoms with van der Waals surface area (Å²) in [5, 5.41) is 3.72. The van der Waals surface area contributed by atoms with Crippen LogP contribution in [-0.2, 0) is 4.74 Å². The first-order valence-electron chi connectivity index (χ1n) is 7.72. The average molecular weight is 254 g/mol. The van der Waals surface area contributed by atoms with E-state index in [4.69, 9.17) is 4.74 Å². The molecule has 3 atom stereocenters. The summed E-state index contributed by atoms with van der Waals surface area (Å²) in [7, 11) is 0. The highest BCUT2D eigenvalue weighted by molar-refractivity contribution is 4.84. The molecule has 2 rings (SSSR count). The van der Waals surface area contributed by atoms with Crippen LogP contribution in [0.25, 0.3) is 0 Å². The van der Waals surface area contributed by atoms with Crippen LogP contribution >= 0.6 is 0 Å². The molecule has 3 nitrogen and oxygen atoms in total. The second-order valence-corrected chi connectivity index (χ2v) is 6.49. The standard InChI is InChI=1S/C15H30N2O/c1-12(2)9-15-10-17(7-4-6-16-15)13(3)14-5-8-18-11-14/h12-16H,4-11H2,1-3H3. The van der Waals surface area contributed by atoms with Gasteiger partial charge in [0.15, 0.2) is 0 Å². The quantitative estimate of drug-likeness (QED) is 0.832. The zero-order valence-corrected chi connectivity index (χ0v) is 12.3. The van der Waals surface area contributed by atoms with Crippen molar-refractivity contribution in [3.8, 4) is 0 Å². The van der Waals surface area contributed by atoms with Crippen LogP contribution in [0.1, 0.15) is 40.0 Å². The Balaban J connectivity index is 1.89. The van der Waals surface area contributed by atoms with Gasteiger partial charge in [0.2, 0.25) is 0 Å². The molecule has 18 heavy (non-hydrogen) atoms. The molecule has 3 unspecified atom stereocenters. The Morgan fingerprint density at radius 3 is 2.83 bits per heavy atom. The Kier molecular flexibility index (Phi) is 5.46. The number of rotatable bonds is 4. The summed E-state index contributed by atoms with van der Waals surface area (Å²) in [5.41, 5.74) is 0. The van der Waals surface area contributed by atoms with Crippen LogP contribution in [0.3, 0.4) is 0 Å². The van der Waals surface area contributed by atoms with Crippen molar-refractivity contribution in [3.05, 3.63) is 0 Å². The third kappa shape index (κ3) is 3.94. The lowest BCUT2D eigenvalue weighted by molar-refractivity contribution is 0.124. The van der Waals surface area contributed by atoms with E-state index >= 15 is 0 Å². The fourth-order valence-corrected chi connectivity index (χ4v) is 3.36. The lowest BCUT2D eigenvalue weighted by atomic mass is 9.97. The summed E-state index contributed by atoms with van der Waals surface area (Å²) in [6, 6.07) is 1.36. The highest BCUT2D eigenvalue weighted by Crippen LogP contribution is 2.22. The van der Waals surface area contributed by atoms with E-state index in [1.807, 2.05) is 0 Å². The van der Waals surface area contributed by atoms with Gasteiger partial charge in [-0.1, -0.05) is 13.8 Å². The van der Waals surface area contributed by atoms with Gasteiger partial charge in [-0.2, -0.15) is 0 Å². The molecule has 0 bridgehead atoms. The monoisotopic (exact) mass is 254 g/mol. The summed E-state index contributed by atoms with van der Waals surface area (Å²) in [6.45, 7) is 12.6. The van der Waals surface area contributed by atoms with Gasteiger partial charge in [-0.15, -0.1) is 0 Å². The molecule has 0 spiro atoms. The fraction of sp³-hybridized carbons (Fsp3) is 1.00. The topological polar surface area (TPSA) is 24.5 Å². The van der Waals surface area contributed by atoms with Gasteiger partial charge in [-0.3, -0.25) is 4.90 Å². The predicted octanol–water partition coefficient (Wildman–Crippen LogP) is 2.12. The first kappa shape index (κ1) is 14.3. The molecule has 106 valence electrons. The van der Waals surface area contributed by atoms with Crippen LogP contribution in [-0.4, -0.2) is 49.8 Å². The molecule has 0 radical (unpaired) electrons. The van der Waals surface area contributed by atoms with E-state index in [9.17, 15) is 0 Å². The van der Waals surface area contributed by atoms with Crippen molar-refractivity contribution in [1.29, 1.82) is 0 Å². The lowest BCUT2D eigenvalue weighted by Gasteiger charge is -2.33. The van der Waals surface area contributed by atoms with Crippen LogP contribution in [0.4, 0.5) is 0 Å². The minimum atomic E-state index is 0.678. The van der Waals surface area contributed by atoms with Gasteiger partial charge in [-0.25, -0.2) is 0 Å². The molecular formula is C15H30N2O. The highest BCUT2D eigenvalue weighted by atomic mass is 16.5. The molecule has 2 saturated heterocycles. The maximum absolute atomic E-state index is 5.55. The zero-order chi connectivity index (χ0) is 13.0. The van der Waals surface area contributed by atoms with Crippen molar-refractivity contribution in [1.82, 2.24) is 10.2 Å². The SMILES string of the molecule is CC(C)CC1CN(C(C)C2CCOC2)CCCN1. The lowest BCUT2D eigenvalue weighted by Crippen LogP contribution is -2.45. The van der Waals surface area contributed by atoms with Gasteiger partial charge in [0.05, 0.1) is 6.61 Å². The molecule has 0 aromatic carbocycles. The van der Waals surface area contributed by atoms with Gasteiger partial charge in [0.25, 0.3) is 0 Å². The van der Waals surface area contributed by atoms with Gasteiger partial charge >= 0.3 is 0 Å². The molecule has 1 N–H and O–H groups in total. The van der Waals surface area contributed by atoms with Crippen LogP contribution in [0.2, 0.25) is 0 Å². The van der Waals surface area contributed by atoms with E-state index in [2.05, 4.69) is 31.0 Å². The molecule has 2 heterocycles. The van der Waals surface area contributed by atoms with E-state index in [0.717, 1.165) is 25.0 Å². The van der Waals surface area contributed by atoms with Crippen LogP contribution in [0, 0.1) is 11.8 Å². The van der Waals surface area contributed by atoms with E-state index in [1.54, 1.807) is 0 Å². The Morgan fingerprint density at radius 2 is 2.17 bits per heavy atom. The predicted molar refractivity (Wildman–Crippen MR) is 75.8 cm³/mol. The molecule has 2 aliphatic rings. The molecule has 0 saturated carbocycles. The third-order valence-electron chi connectivity index (χ3n) is 4.49. The second-order valence-electron chi connectivity index (χ2n) is 6.49. The smallest absolute Gasteiger partial charge is 0.0509 e. The maximum atomic E-state index is 5.55. The molecule has 2 aliphatic heterocycles. The minimum Gasteiger partial charge on any atom is -0.381 e. The Labute approximate surface area is 112 Å². The summed E-state index contributed by atoms with van der Waals surface area (Å²) in [6.07, 6.45) is 3.83. The summed E-state index contributed by atoms with van der Waals surface area (Å²) >= 11 is 0. The first-order valence-corrected chi connectivity index (χ1v) is 7.72. The molecular weight excluding hydrogens is 224 g/mol. The van der Waals surface area contributed by atoms with E-state index < -0.39 is 0 Å². The summed E-state index contributed by atoms with van der Waals surface area (Å²) in [4.78, 5) is 2.70. The van der Waals surface area contributed by atoms with Crippen LogP contribution < -0.4 is 5.32 Å². The number of hydrogen-bond donors (Lipinski definition) is 1. The third-order valence-corrected chi connectivity index (χ3v) is 4.49. The van der Waals surface area contributed by atoms with Gasteiger partial charge in [0.1, 0.15) is 0 Å². The van der Waals surface area contributed by atoms with E-state index in [-0.39, 0.29) is 0 Å². The largest absolute Gasteiger partial charge is 0.381 e. The number of nitrogens with one attached hydrogen (secondary N) is 1.